The number of nitrogens with one attached hydrogen (secondary N) is 1. The molecule has 1 atom stereocenters. The number of anilines is 1. The number of aromatic nitrogens is 2. The number of carbonyl (C=O) groups excluding carboxylic acids is 1. The van der Waals surface area contributed by atoms with Crippen molar-refractivity contribution in [1.29, 1.82) is 0 Å². The summed E-state index contributed by atoms with van der Waals surface area (Å²) in [7, 11) is 1.58. The van der Waals surface area contributed by atoms with Gasteiger partial charge in [0.15, 0.2) is 5.82 Å². The summed E-state index contributed by atoms with van der Waals surface area (Å²) in [6, 6.07) is 14.3. The van der Waals surface area contributed by atoms with Gasteiger partial charge in [-0.15, -0.1) is 10.2 Å². The molecule has 6 nitrogen and oxygen atoms in total. The zero-order chi connectivity index (χ0) is 19.1. The summed E-state index contributed by atoms with van der Waals surface area (Å²) in [5, 5.41) is 11.4. The van der Waals surface area contributed by atoms with Gasteiger partial charge in [0.25, 0.3) is 0 Å². The Balaban J connectivity index is 1.42. The number of hydrogen-bond acceptors (Lipinski definition) is 5. The molecule has 1 amide bonds. The number of amides is 1. The van der Waals surface area contributed by atoms with E-state index < -0.39 is 0 Å². The van der Waals surface area contributed by atoms with Crippen LogP contribution in [0.1, 0.15) is 31.7 Å². The van der Waals surface area contributed by atoms with Gasteiger partial charge in [0.1, 0.15) is 0 Å². The minimum atomic E-state index is 0.0756. The maximum atomic E-state index is 12.6. The van der Waals surface area contributed by atoms with Crippen LogP contribution in [-0.2, 0) is 11.2 Å². The van der Waals surface area contributed by atoms with E-state index in [0.29, 0.717) is 5.88 Å². The molecule has 1 fully saturated rings. The van der Waals surface area contributed by atoms with Crippen LogP contribution < -0.4 is 15.0 Å². The lowest BCUT2D eigenvalue weighted by Crippen LogP contribution is -2.43. The van der Waals surface area contributed by atoms with Crippen LogP contribution in [0.5, 0.6) is 5.88 Å². The van der Waals surface area contributed by atoms with Gasteiger partial charge in [-0.05, 0) is 44.2 Å². The van der Waals surface area contributed by atoms with Gasteiger partial charge in [-0.25, -0.2) is 0 Å². The number of aryl methyl sites for hydroxylation is 1. The third-order valence-corrected chi connectivity index (χ3v) is 5.12. The van der Waals surface area contributed by atoms with E-state index in [-0.39, 0.29) is 17.9 Å². The average molecular weight is 368 g/mol. The fourth-order valence-electron chi connectivity index (χ4n) is 3.42. The Hall–Kier alpha value is -2.63. The summed E-state index contributed by atoms with van der Waals surface area (Å²) in [6.07, 6.45) is 3.61. The quantitative estimate of drug-likeness (QED) is 0.814. The molecule has 27 heavy (non-hydrogen) atoms. The van der Waals surface area contributed by atoms with Gasteiger partial charge in [0.2, 0.25) is 11.8 Å². The number of piperidine rings is 1. The monoisotopic (exact) mass is 368 g/mol. The van der Waals surface area contributed by atoms with Crippen LogP contribution in [0.4, 0.5) is 5.82 Å². The fraction of sp³-hybridized carbons (Fsp3) is 0.476. The van der Waals surface area contributed by atoms with Crippen LogP contribution in [0.15, 0.2) is 42.5 Å². The molecule has 2 aromatic rings. The minimum absolute atomic E-state index is 0.0756. The van der Waals surface area contributed by atoms with Crippen molar-refractivity contribution in [2.75, 3.05) is 25.1 Å². The molecule has 6 heteroatoms. The van der Waals surface area contributed by atoms with Crippen molar-refractivity contribution in [3.05, 3.63) is 48.0 Å². The molecular weight excluding hydrogens is 340 g/mol. The van der Waals surface area contributed by atoms with Crippen molar-refractivity contribution in [3.8, 4) is 5.88 Å². The Labute approximate surface area is 160 Å². The van der Waals surface area contributed by atoms with E-state index in [2.05, 4.69) is 51.6 Å². The Morgan fingerprint density at radius 1 is 1.19 bits per heavy atom. The normalized spacial score (nSPS) is 16.0. The Morgan fingerprint density at radius 2 is 1.93 bits per heavy atom. The van der Waals surface area contributed by atoms with E-state index in [1.54, 1.807) is 7.11 Å². The number of hydrogen-bond donors (Lipinski definition) is 1. The Morgan fingerprint density at radius 3 is 2.56 bits per heavy atom. The van der Waals surface area contributed by atoms with Gasteiger partial charge in [0, 0.05) is 31.1 Å². The van der Waals surface area contributed by atoms with Gasteiger partial charge in [-0.3, -0.25) is 4.79 Å². The Bertz CT molecular complexity index is 713. The molecule has 1 aliphatic rings. The highest BCUT2D eigenvalue weighted by Gasteiger charge is 2.26. The van der Waals surface area contributed by atoms with Crippen molar-refractivity contribution in [3.63, 3.8) is 0 Å². The first-order chi connectivity index (χ1) is 13.2. The topological polar surface area (TPSA) is 67.3 Å². The lowest BCUT2D eigenvalue weighted by molar-refractivity contribution is -0.126. The van der Waals surface area contributed by atoms with Gasteiger partial charge in [-0.2, -0.15) is 0 Å². The van der Waals surface area contributed by atoms with Crippen molar-refractivity contribution in [1.82, 2.24) is 15.5 Å². The van der Waals surface area contributed by atoms with Crippen molar-refractivity contribution in [2.24, 2.45) is 5.92 Å². The largest absolute Gasteiger partial charge is 0.480 e. The molecule has 1 saturated heterocycles. The third kappa shape index (κ3) is 5.42. The first-order valence-corrected chi connectivity index (χ1v) is 9.62. The number of ether oxygens (including phenoxy) is 1. The molecular formula is C21H28N4O2. The van der Waals surface area contributed by atoms with Gasteiger partial charge in [-0.1, -0.05) is 30.3 Å². The molecule has 1 N–H and O–H groups in total. The van der Waals surface area contributed by atoms with Crippen molar-refractivity contribution in [2.45, 2.75) is 38.6 Å². The molecule has 0 saturated carbocycles. The lowest BCUT2D eigenvalue weighted by atomic mass is 9.95. The molecule has 3 rings (SSSR count). The van der Waals surface area contributed by atoms with E-state index in [1.807, 2.05) is 18.2 Å². The maximum Gasteiger partial charge on any atom is 0.233 e. The van der Waals surface area contributed by atoms with Crippen LogP contribution in [0.2, 0.25) is 0 Å². The number of benzene rings is 1. The molecule has 1 unspecified atom stereocenters. The average Bonchev–Trinajstić information content (AvgIpc) is 2.73. The first kappa shape index (κ1) is 19.1. The van der Waals surface area contributed by atoms with E-state index in [1.165, 1.54) is 5.56 Å². The highest BCUT2D eigenvalue weighted by atomic mass is 16.5. The van der Waals surface area contributed by atoms with E-state index in [4.69, 9.17) is 4.74 Å². The van der Waals surface area contributed by atoms with Crippen LogP contribution in [-0.4, -0.2) is 42.3 Å². The zero-order valence-corrected chi connectivity index (χ0v) is 16.1. The second kappa shape index (κ2) is 9.35. The summed E-state index contributed by atoms with van der Waals surface area (Å²) in [5.74, 6) is 1.60. The summed E-state index contributed by atoms with van der Waals surface area (Å²) in [5.41, 5.74) is 1.31. The molecule has 1 aromatic carbocycles. The van der Waals surface area contributed by atoms with E-state index in [9.17, 15) is 4.79 Å². The lowest BCUT2D eigenvalue weighted by Gasteiger charge is -2.32. The van der Waals surface area contributed by atoms with E-state index >= 15 is 0 Å². The maximum absolute atomic E-state index is 12.6. The predicted molar refractivity (Wildman–Crippen MR) is 106 cm³/mol. The standard InChI is InChI=1S/C21H28N4O2/c1-16(8-9-17-6-4-3-5-7-17)22-21(26)18-12-14-25(15-13-18)19-10-11-20(27-2)24-23-19/h3-7,10-11,16,18H,8-9,12-15H2,1-2H3,(H,22,26). The molecule has 2 heterocycles. The summed E-state index contributed by atoms with van der Waals surface area (Å²) in [4.78, 5) is 14.7. The van der Waals surface area contributed by atoms with Crippen LogP contribution in [0, 0.1) is 5.92 Å². The van der Waals surface area contributed by atoms with Crippen molar-refractivity contribution < 1.29 is 9.53 Å². The molecule has 1 aromatic heterocycles. The SMILES string of the molecule is COc1ccc(N2CCC(C(=O)NC(C)CCc3ccccc3)CC2)nn1. The number of carbonyl (C=O) groups is 1. The summed E-state index contributed by atoms with van der Waals surface area (Å²) in [6.45, 7) is 3.72. The number of nitrogens with zero attached hydrogens (tertiary/aromatic N) is 3. The molecule has 0 spiro atoms. The molecule has 0 aliphatic carbocycles. The third-order valence-electron chi connectivity index (χ3n) is 5.12. The zero-order valence-electron chi connectivity index (χ0n) is 16.1. The first-order valence-electron chi connectivity index (χ1n) is 9.62. The van der Waals surface area contributed by atoms with Crippen molar-refractivity contribution >= 4 is 11.7 Å². The van der Waals surface area contributed by atoms with Gasteiger partial charge >= 0.3 is 0 Å². The molecule has 0 bridgehead atoms. The van der Waals surface area contributed by atoms with Gasteiger partial charge < -0.3 is 15.0 Å². The highest BCUT2D eigenvalue weighted by molar-refractivity contribution is 5.79. The minimum Gasteiger partial charge on any atom is -0.480 e. The molecule has 1 aliphatic heterocycles. The van der Waals surface area contributed by atoms with Crippen LogP contribution in [0.25, 0.3) is 0 Å². The predicted octanol–water partition coefficient (Wildman–Crippen LogP) is 2.84. The number of rotatable bonds is 7. The summed E-state index contributed by atoms with van der Waals surface area (Å²) < 4.78 is 5.04. The number of methoxy groups -OCH3 is 1. The second-order valence-corrected chi connectivity index (χ2v) is 7.13. The van der Waals surface area contributed by atoms with E-state index in [0.717, 1.165) is 44.6 Å². The fourth-order valence-corrected chi connectivity index (χ4v) is 3.42. The molecule has 144 valence electrons. The molecule has 0 radical (unpaired) electrons. The highest BCUT2D eigenvalue weighted by Crippen LogP contribution is 2.22. The van der Waals surface area contributed by atoms with Gasteiger partial charge in [0.05, 0.1) is 7.11 Å². The van der Waals surface area contributed by atoms with Crippen LogP contribution in [0.3, 0.4) is 0 Å². The Kier molecular flexibility index (Phi) is 6.63. The summed E-state index contributed by atoms with van der Waals surface area (Å²) >= 11 is 0. The second-order valence-electron chi connectivity index (χ2n) is 7.13. The smallest absolute Gasteiger partial charge is 0.233 e. The van der Waals surface area contributed by atoms with Crippen LogP contribution >= 0.6 is 0 Å².